The molecule has 0 saturated carbocycles. The number of anilines is 2. The van der Waals surface area contributed by atoms with Crippen molar-refractivity contribution in [2.24, 2.45) is 0 Å². The second-order valence-corrected chi connectivity index (χ2v) is 8.70. The van der Waals surface area contributed by atoms with Crippen LogP contribution in [0, 0.1) is 0 Å². The van der Waals surface area contributed by atoms with Gasteiger partial charge in [-0.1, -0.05) is 30.3 Å². The topological polar surface area (TPSA) is 35.9 Å². The third-order valence-electron chi connectivity index (χ3n) is 5.54. The van der Waals surface area contributed by atoms with Crippen LogP contribution in [0.15, 0.2) is 72.8 Å². The highest BCUT2D eigenvalue weighted by molar-refractivity contribution is 5.54. The van der Waals surface area contributed by atoms with Crippen LogP contribution in [-0.2, 0) is 12.5 Å². The summed E-state index contributed by atoms with van der Waals surface area (Å²) in [4.78, 5) is 2.85. The van der Waals surface area contributed by atoms with Crippen LogP contribution in [0.1, 0.15) is 11.1 Å². The average Bonchev–Trinajstić information content (AvgIpc) is 2.83. The molecule has 3 aromatic rings. The molecule has 0 aliphatic rings. The average molecular weight is 548 g/mol. The fourth-order valence-electron chi connectivity index (χ4n) is 3.53. The minimum atomic E-state index is -5.85. The second kappa shape index (κ2) is 11.1. The zero-order chi connectivity index (χ0) is 28.3. The Hall–Kier alpha value is -3.54. The van der Waals surface area contributed by atoms with E-state index in [1.165, 1.54) is 30.3 Å². The van der Waals surface area contributed by atoms with Crippen molar-refractivity contribution >= 4 is 11.4 Å². The first-order chi connectivity index (χ1) is 17.6. The van der Waals surface area contributed by atoms with Gasteiger partial charge in [-0.3, -0.25) is 0 Å². The predicted molar refractivity (Wildman–Crippen MR) is 127 cm³/mol. The van der Waals surface area contributed by atoms with Gasteiger partial charge in [0.25, 0.3) is 0 Å². The van der Waals surface area contributed by atoms with Gasteiger partial charge in [0.1, 0.15) is 11.5 Å². The molecule has 0 unspecified atom stereocenters. The molecule has 1 atom stereocenters. The summed E-state index contributed by atoms with van der Waals surface area (Å²) < 4.78 is 112. The molecular formula is C26H24F8N2O2. The van der Waals surface area contributed by atoms with E-state index in [2.05, 4.69) is 0 Å². The number of hydrogen-bond donors (Lipinski definition) is 1. The van der Waals surface area contributed by atoms with E-state index in [0.29, 0.717) is 17.9 Å². The first-order valence-electron chi connectivity index (χ1n) is 11.2. The van der Waals surface area contributed by atoms with E-state index in [0.717, 1.165) is 16.7 Å². The number of aliphatic hydroxyl groups excluding tert-OH is 1. The Morgan fingerprint density at radius 2 is 1.32 bits per heavy atom. The lowest BCUT2D eigenvalue weighted by Gasteiger charge is -2.29. The first kappa shape index (κ1) is 29.0. The van der Waals surface area contributed by atoms with Crippen LogP contribution in [-0.4, -0.2) is 44.2 Å². The van der Waals surface area contributed by atoms with E-state index in [1.807, 2.05) is 25.1 Å². The van der Waals surface area contributed by atoms with Crippen molar-refractivity contribution in [2.45, 2.75) is 30.9 Å². The molecule has 0 saturated heterocycles. The molecule has 38 heavy (non-hydrogen) atoms. The molecule has 0 aromatic heterocycles. The normalized spacial score (nSPS) is 13.2. The lowest BCUT2D eigenvalue weighted by atomic mass is 10.0. The molecule has 0 amide bonds. The van der Waals surface area contributed by atoms with Crippen molar-refractivity contribution in [2.75, 3.05) is 30.4 Å². The monoisotopic (exact) mass is 548 g/mol. The van der Waals surface area contributed by atoms with Gasteiger partial charge in [0.05, 0.1) is 6.54 Å². The highest BCUT2D eigenvalue weighted by atomic mass is 19.4. The summed E-state index contributed by atoms with van der Waals surface area (Å²) in [5.74, 6) is -4.51. The lowest BCUT2D eigenvalue weighted by Crippen LogP contribution is -2.41. The zero-order valence-corrected chi connectivity index (χ0v) is 20.2. The van der Waals surface area contributed by atoms with E-state index in [4.69, 9.17) is 4.74 Å². The number of ether oxygens (including phenoxy) is 1. The Kier molecular flexibility index (Phi) is 8.45. The summed E-state index contributed by atoms with van der Waals surface area (Å²) in [6.07, 6.45) is -13.7. The number of rotatable bonds is 9. The Morgan fingerprint density at radius 1 is 0.763 bits per heavy atom. The fraction of sp³-hybridized carbons (Fsp3) is 0.308. The van der Waals surface area contributed by atoms with Gasteiger partial charge >= 0.3 is 18.3 Å². The Balaban J connectivity index is 1.94. The highest BCUT2D eigenvalue weighted by Gasteiger charge is 2.58. The number of alkyl halides is 8. The highest BCUT2D eigenvalue weighted by Crippen LogP contribution is 2.44. The SMILES string of the molecule is CN(C)c1cccc(Oc2cccc(N(Cc3cccc(C(F)(F)C(F)(F)F)c3)C[C@@H](O)C(F)(F)F)c2)c1. The van der Waals surface area contributed by atoms with Crippen molar-refractivity contribution in [1.82, 2.24) is 0 Å². The molecular weight excluding hydrogens is 524 g/mol. The molecule has 0 fully saturated rings. The molecule has 3 aromatic carbocycles. The number of aliphatic hydroxyl groups is 1. The minimum Gasteiger partial charge on any atom is -0.457 e. The third kappa shape index (κ3) is 7.06. The van der Waals surface area contributed by atoms with Gasteiger partial charge in [0.2, 0.25) is 0 Å². The van der Waals surface area contributed by atoms with E-state index < -0.39 is 43.0 Å². The third-order valence-corrected chi connectivity index (χ3v) is 5.54. The molecule has 0 radical (unpaired) electrons. The Bertz CT molecular complexity index is 1230. The molecule has 0 aliphatic carbocycles. The largest absolute Gasteiger partial charge is 0.458 e. The number of benzene rings is 3. The van der Waals surface area contributed by atoms with Crippen LogP contribution in [0.5, 0.6) is 11.5 Å². The standard InChI is InChI=1S/C26H24F8N2O2/c1-35(2)19-8-4-10-21(13-19)38-22-11-5-9-20(14-22)36(16-23(37)25(29,30)31)15-17-6-3-7-18(12-17)24(27,28)26(32,33)34/h3-14,23,37H,15-16H2,1-2H3/t23-/m1/s1. The minimum absolute atomic E-state index is 0.113. The summed E-state index contributed by atoms with van der Waals surface area (Å²) in [5.41, 5.74) is -0.533. The Labute approximate surface area is 213 Å². The lowest BCUT2D eigenvalue weighted by molar-refractivity contribution is -0.289. The van der Waals surface area contributed by atoms with Crippen molar-refractivity contribution < 1.29 is 45.0 Å². The molecule has 0 spiro atoms. The van der Waals surface area contributed by atoms with Crippen LogP contribution in [0.25, 0.3) is 0 Å². The van der Waals surface area contributed by atoms with Gasteiger partial charge in [0.15, 0.2) is 6.10 Å². The molecule has 12 heteroatoms. The second-order valence-electron chi connectivity index (χ2n) is 8.70. The maximum absolute atomic E-state index is 13.9. The van der Waals surface area contributed by atoms with E-state index in [-0.39, 0.29) is 17.0 Å². The molecule has 0 heterocycles. The summed E-state index contributed by atoms with van der Waals surface area (Å²) >= 11 is 0. The van der Waals surface area contributed by atoms with Gasteiger partial charge in [-0.25, -0.2) is 0 Å². The smallest absolute Gasteiger partial charge is 0.457 e. The predicted octanol–water partition coefficient (Wildman–Crippen LogP) is 7.13. The summed E-state index contributed by atoms with van der Waals surface area (Å²) in [7, 11) is 3.65. The number of hydrogen-bond acceptors (Lipinski definition) is 4. The maximum atomic E-state index is 13.9. The first-order valence-corrected chi connectivity index (χ1v) is 11.2. The quantitative estimate of drug-likeness (QED) is 0.289. The van der Waals surface area contributed by atoms with Crippen LogP contribution < -0.4 is 14.5 Å². The molecule has 3 rings (SSSR count). The maximum Gasteiger partial charge on any atom is 0.458 e. The van der Waals surface area contributed by atoms with Gasteiger partial charge in [0, 0.05) is 49.7 Å². The van der Waals surface area contributed by atoms with Gasteiger partial charge in [-0.05, 0) is 35.9 Å². The Morgan fingerprint density at radius 3 is 1.87 bits per heavy atom. The summed E-state index contributed by atoms with van der Waals surface area (Å²) in [6, 6.07) is 16.1. The van der Waals surface area contributed by atoms with Crippen LogP contribution >= 0.6 is 0 Å². The molecule has 0 aliphatic heterocycles. The van der Waals surface area contributed by atoms with E-state index >= 15 is 0 Å². The molecule has 1 N–H and O–H groups in total. The summed E-state index contributed by atoms with van der Waals surface area (Å²) in [6.45, 7) is -1.52. The zero-order valence-electron chi connectivity index (χ0n) is 20.2. The molecule has 206 valence electrons. The van der Waals surface area contributed by atoms with Gasteiger partial charge < -0.3 is 19.6 Å². The van der Waals surface area contributed by atoms with E-state index in [1.54, 1.807) is 18.2 Å². The van der Waals surface area contributed by atoms with Crippen LogP contribution in [0.2, 0.25) is 0 Å². The summed E-state index contributed by atoms with van der Waals surface area (Å²) in [5, 5.41) is 9.70. The number of halogens is 8. The van der Waals surface area contributed by atoms with Crippen LogP contribution in [0.3, 0.4) is 0 Å². The molecule has 0 bridgehead atoms. The van der Waals surface area contributed by atoms with Crippen molar-refractivity contribution in [1.29, 1.82) is 0 Å². The van der Waals surface area contributed by atoms with Crippen LogP contribution in [0.4, 0.5) is 46.5 Å². The fourth-order valence-corrected chi connectivity index (χ4v) is 3.53. The van der Waals surface area contributed by atoms with E-state index in [9.17, 15) is 40.2 Å². The van der Waals surface area contributed by atoms with Gasteiger partial charge in [-0.15, -0.1) is 0 Å². The number of nitrogens with zero attached hydrogens (tertiary/aromatic N) is 2. The van der Waals surface area contributed by atoms with Crippen molar-refractivity contribution in [3.8, 4) is 11.5 Å². The van der Waals surface area contributed by atoms with Gasteiger partial charge in [-0.2, -0.15) is 35.1 Å². The van der Waals surface area contributed by atoms with Crippen molar-refractivity contribution in [3.63, 3.8) is 0 Å². The van der Waals surface area contributed by atoms with Crippen molar-refractivity contribution in [3.05, 3.63) is 83.9 Å². The molecule has 4 nitrogen and oxygen atoms in total.